The van der Waals surface area contributed by atoms with Gasteiger partial charge in [-0.3, -0.25) is 14.5 Å². The standard InChI is InChI=1S/C21H21F2N3O3/c1-11-7-12(2)18(13(3)8-11)24-17(27)10-26-19(28)21(4,25-20(26)29)15-9-14(22)5-6-16(15)23/h5-9H,10H2,1-4H3,(H,24,27)(H,25,29)/t21-/m1/s1. The molecule has 29 heavy (non-hydrogen) atoms. The molecule has 1 atom stereocenters. The van der Waals surface area contributed by atoms with Crippen molar-refractivity contribution in [3.05, 3.63) is 64.2 Å². The lowest BCUT2D eigenvalue weighted by Gasteiger charge is -2.23. The first-order valence-corrected chi connectivity index (χ1v) is 9.00. The van der Waals surface area contributed by atoms with Gasteiger partial charge in [-0.25, -0.2) is 13.6 Å². The molecule has 1 saturated heterocycles. The minimum absolute atomic E-state index is 0.302. The lowest BCUT2D eigenvalue weighted by Crippen LogP contribution is -2.42. The molecule has 2 aromatic rings. The molecule has 0 unspecified atom stereocenters. The number of carbonyl (C=O) groups is 3. The molecule has 0 saturated carbocycles. The van der Waals surface area contributed by atoms with Crippen LogP contribution in [-0.4, -0.2) is 29.3 Å². The molecular weight excluding hydrogens is 380 g/mol. The number of amides is 4. The summed E-state index contributed by atoms with van der Waals surface area (Å²) in [4.78, 5) is 38.4. The number of rotatable bonds is 4. The fourth-order valence-corrected chi connectivity index (χ4v) is 3.60. The summed E-state index contributed by atoms with van der Waals surface area (Å²) in [6.07, 6.45) is 0. The van der Waals surface area contributed by atoms with Gasteiger partial charge in [0.15, 0.2) is 0 Å². The molecule has 0 bridgehead atoms. The van der Waals surface area contributed by atoms with Gasteiger partial charge in [-0.15, -0.1) is 0 Å². The highest BCUT2D eigenvalue weighted by molar-refractivity contribution is 6.10. The highest BCUT2D eigenvalue weighted by Crippen LogP contribution is 2.31. The van der Waals surface area contributed by atoms with E-state index in [4.69, 9.17) is 0 Å². The summed E-state index contributed by atoms with van der Waals surface area (Å²) < 4.78 is 27.8. The van der Waals surface area contributed by atoms with Gasteiger partial charge in [0.2, 0.25) is 5.91 Å². The van der Waals surface area contributed by atoms with Crippen LogP contribution in [0.1, 0.15) is 29.2 Å². The second-order valence-corrected chi connectivity index (χ2v) is 7.39. The van der Waals surface area contributed by atoms with E-state index in [0.717, 1.165) is 34.9 Å². The number of anilines is 1. The molecule has 8 heteroatoms. The SMILES string of the molecule is Cc1cc(C)c(NC(=O)CN2C(=O)N[C@](C)(c3cc(F)ccc3F)C2=O)c(C)c1. The lowest BCUT2D eigenvalue weighted by molar-refractivity contribution is -0.133. The van der Waals surface area contributed by atoms with Crippen molar-refractivity contribution in [2.45, 2.75) is 33.2 Å². The number of hydrogen-bond donors (Lipinski definition) is 2. The average molecular weight is 401 g/mol. The fraction of sp³-hybridized carbons (Fsp3) is 0.286. The van der Waals surface area contributed by atoms with Crippen molar-refractivity contribution < 1.29 is 23.2 Å². The lowest BCUT2D eigenvalue weighted by atomic mass is 9.91. The Kier molecular flexibility index (Phi) is 5.13. The van der Waals surface area contributed by atoms with Crippen molar-refractivity contribution in [3.8, 4) is 0 Å². The van der Waals surface area contributed by atoms with Crippen LogP contribution in [0.5, 0.6) is 0 Å². The van der Waals surface area contributed by atoms with Crippen LogP contribution < -0.4 is 10.6 Å². The Morgan fingerprint density at radius 1 is 1.10 bits per heavy atom. The number of imide groups is 1. The first-order valence-electron chi connectivity index (χ1n) is 9.00. The van der Waals surface area contributed by atoms with Crippen molar-refractivity contribution in [3.63, 3.8) is 0 Å². The minimum Gasteiger partial charge on any atom is -0.324 e. The van der Waals surface area contributed by atoms with E-state index >= 15 is 0 Å². The van der Waals surface area contributed by atoms with Crippen molar-refractivity contribution in [1.82, 2.24) is 10.2 Å². The van der Waals surface area contributed by atoms with Gasteiger partial charge in [-0.1, -0.05) is 17.7 Å². The summed E-state index contributed by atoms with van der Waals surface area (Å²) >= 11 is 0. The Morgan fingerprint density at radius 3 is 2.34 bits per heavy atom. The fourth-order valence-electron chi connectivity index (χ4n) is 3.60. The summed E-state index contributed by atoms with van der Waals surface area (Å²) in [5.41, 5.74) is 1.23. The predicted octanol–water partition coefficient (Wildman–Crippen LogP) is 3.30. The molecular formula is C21H21F2N3O3. The number of nitrogens with zero attached hydrogens (tertiary/aromatic N) is 1. The van der Waals surface area contributed by atoms with E-state index < -0.39 is 41.6 Å². The molecule has 0 radical (unpaired) electrons. The van der Waals surface area contributed by atoms with Crippen LogP contribution >= 0.6 is 0 Å². The van der Waals surface area contributed by atoms with Crippen LogP contribution in [0.15, 0.2) is 30.3 Å². The normalized spacial score (nSPS) is 18.8. The summed E-state index contributed by atoms with van der Waals surface area (Å²) in [6.45, 7) is 6.34. The second kappa shape index (κ2) is 7.27. The van der Waals surface area contributed by atoms with Crippen LogP contribution in [0.2, 0.25) is 0 Å². The van der Waals surface area contributed by atoms with Gasteiger partial charge in [-0.2, -0.15) is 0 Å². The first-order chi connectivity index (χ1) is 13.5. The topological polar surface area (TPSA) is 78.5 Å². The number of aryl methyl sites for hydroxylation is 3. The van der Waals surface area contributed by atoms with Crippen LogP contribution in [-0.2, 0) is 15.1 Å². The summed E-state index contributed by atoms with van der Waals surface area (Å²) in [5, 5.41) is 5.08. The van der Waals surface area contributed by atoms with Gasteiger partial charge in [-0.05, 0) is 57.0 Å². The zero-order valence-electron chi connectivity index (χ0n) is 16.5. The van der Waals surface area contributed by atoms with Crippen molar-refractivity contribution in [2.24, 2.45) is 0 Å². The zero-order valence-corrected chi connectivity index (χ0v) is 16.5. The smallest absolute Gasteiger partial charge is 0.324 e. The van der Waals surface area contributed by atoms with E-state index in [1.807, 2.05) is 32.9 Å². The Labute approximate surface area is 166 Å². The van der Waals surface area contributed by atoms with E-state index in [1.165, 1.54) is 6.92 Å². The largest absolute Gasteiger partial charge is 0.325 e. The van der Waals surface area contributed by atoms with Crippen LogP contribution in [0.4, 0.5) is 19.3 Å². The third-order valence-electron chi connectivity index (χ3n) is 4.99. The van der Waals surface area contributed by atoms with Gasteiger partial charge in [0.1, 0.15) is 23.7 Å². The van der Waals surface area contributed by atoms with Crippen molar-refractivity contribution in [1.29, 1.82) is 0 Å². The molecule has 0 aromatic heterocycles. The van der Waals surface area contributed by atoms with Crippen molar-refractivity contribution in [2.75, 3.05) is 11.9 Å². The minimum atomic E-state index is -1.81. The number of halogens is 2. The summed E-state index contributed by atoms with van der Waals surface area (Å²) in [6, 6.07) is 5.61. The molecule has 2 aromatic carbocycles. The van der Waals surface area contributed by atoms with Crippen molar-refractivity contribution >= 4 is 23.5 Å². The van der Waals surface area contributed by atoms with Gasteiger partial charge >= 0.3 is 6.03 Å². The van der Waals surface area contributed by atoms with Gasteiger partial charge in [0, 0.05) is 11.3 Å². The highest BCUT2D eigenvalue weighted by Gasteiger charge is 2.50. The number of nitrogens with one attached hydrogen (secondary N) is 2. The quantitative estimate of drug-likeness (QED) is 0.772. The van der Waals surface area contributed by atoms with Crippen LogP contribution in [0, 0.1) is 32.4 Å². The molecule has 1 aliphatic heterocycles. The van der Waals surface area contributed by atoms with Crippen LogP contribution in [0.3, 0.4) is 0 Å². The molecule has 0 aliphatic carbocycles. The monoisotopic (exact) mass is 401 g/mol. The summed E-state index contributed by atoms with van der Waals surface area (Å²) in [5.74, 6) is -2.99. The molecule has 152 valence electrons. The molecule has 6 nitrogen and oxygen atoms in total. The Balaban J connectivity index is 1.82. The van der Waals surface area contributed by atoms with E-state index in [0.29, 0.717) is 10.6 Å². The third-order valence-corrected chi connectivity index (χ3v) is 4.99. The van der Waals surface area contributed by atoms with Crippen LogP contribution in [0.25, 0.3) is 0 Å². The maximum atomic E-state index is 14.2. The van der Waals surface area contributed by atoms with E-state index in [1.54, 1.807) is 0 Å². The molecule has 4 amide bonds. The number of benzene rings is 2. The second-order valence-electron chi connectivity index (χ2n) is 7.39. The predicted molar refractivity (Wildman–Crippen MR) is 103 cm³/mol. The third kappa shape index (κ3) is 3.70. The summed E-state index contributed by atoms with van der Waals surface area (Å²) in [7, 11) is 0. The Morgan fingerprint density at radius 2 is 1.72 bits per heavy atom. The average Bonchev–Trinajstić information content (AvgIpc) is 2.84. The maximum Gasteiger partial charge on any atom is 0.325 e. The molecule has 1 aliphatic rings. The number of urea groups is 1. The Bertz CT molecular complexity index is 1010. The van der Waals surface area contributed by atoms with Gasteiger partial charge in [0.25, 0.3) is 5.91 Å². The van der Waals surface area contributed by atoms with E-state index in [-0.39, 0.29) is 5.56 Å². The molecule has 1 heterocycles. The molecule has 3 rings (SSSR count). The highest BCUT2D eigenvalue weighted by atomic mass is 19.1. The number of hydrogen-bond acceptors (Lipinski definition) is 3. The van der Waals surface area contributed by atoms with Gasteiger partial charge in [0.05, 0.1) is 0 Å². The maximum absolute atomic E-state index is 14.2. The molecule has 2 N–H and O–H groups in total. The van der Waals surface area contributed by atoms with E-state index in [2.05, 4.69) is 10.6 Å². The zero-order chi connectivity index (χ0) is 21.5. The molecule has 1 fully saturated rings. The number of carbonyl (C=O) groups excluding carboxylic acids is 3. The van der Waals surface area contributed by atoms with Gasteiger partial charge < -0.3 is 10.6 Å². The van der Waals surface area contributed by atoms with E-state index in [9.17, 15) is 23.2 Å². The first kappa shape index (κ1) is 20.4. The molecule has 0 spiro atoms. The Hall–Kier alpha value is -3.29.